The van der Waals surface area contributed by atoms with E-state index >= 15 is 0 Å². The largest absolute Gasteiger partial charge is 0.497 e. The molecule has 12 heteroatoms. The zero-order valence-corrected chi connectivity index (χ0v) is 21.9. The van der Waals surface area contributed by atoms with E-state index in [-0.39, 0.29) is 33.4 Å². The van der Waals surface area contributed by atoms with E-state index in [1.54, 1.807) is 18.2 Å². The molecule has 0 spiro atoms. The summed E-state index contributed by atoms with van der Waals surface area (Å²) in [6.45, 7) is 3.19. The number of nitrogens with zero attached hydrogens (tertiary/aromatic N) is 2. The lowest BCUT2D eigenvalue weighted by molar-refractivity contribution is -0.385. The van der Waals surface area contributed by atoms with Crippen LogP contribution in [0.4, 0.5) is 17.1 Å². The van der Waals surface area contributed by atoms with Gasteiger partial charge in [-0.2, -0.15) is 0 Å². The first-order chi connectivity index (χ1) is 18.1. The molecular formula is C26H28N4O7S. The van der Waals surface area contributed by atoms with Crippen LogP contribution in [-0.4, -0.2) is 45.4 Å². The second kappa shape index (κ2) is 12.2. The Kier molecular flexibility index (Phi) is 9.02. The van der Waals surface area contributed by atoms with Gasteiger partial charge in [-0.3, -0.25) is 24.0 Å². The third-order valence-corrected chi connectivity index (χ3v) is 7.36. The molecule has 0 unspecified atom stereocenters. The second-order valence-corrected chi connectivity index (χ2v) is 10.1. The number of sulfonamides is 1. The molecule has 11 nitrogen and oxygen atoms in total. The summed E-state index contributed by atoms with van der Waals surface area (Å²) in [6, 6.07) is 15.9. The first-order valence-electron chi connectivity index (χ1n) is 11.7. The molecule has 38 heavy (non-hydrogen) atoms. The van der Waals surface area contributed by atoms with Gasteiger partial charge >= 0.3 is 0 Å². The second-order valence-electron chi connectivity index (χ2n) is 8.26. The fraction of sp³-hybridized carbons (Fsp3) is 0.231. The van der Waals surface area contributed by atoms with E-state index in [2.05, 4.69) is 10.6 Å². The van der Waals surface area contributed by atoms with Crippen LogP contribution in [0.25, 0.3) is 0 Å². The number of amides is 2. The smallest absolute Gasteiger partial charge is 0.273 e. The fourth-order valence-corrected chi connectivity index (χ4v) is 5.02. The van der Waals surface area contributed by atoms with Gasteiger partial charge in [-0.1, -0.05) is 25.1 Å². The van der Waals surface area contributed by atoms with E-state index < -0.39 is 27.4 Å². The van der Waals surface area contributed by atoms with Crippen LogP contribution >= 0.6 is 0 Å². The summed E-state index contributed by atoms with van der Waals surface area (Å²) in [7, 11) is -2.97. The number of hydrogen-bond acceptors (Lipinski definition) is 7. The number of aryl methyl sites for hydroxylation is 1. The van der Waals surface area contributed by atoms with Gasteiger partial charge in [-0.05, 0) is 55.8 Å². The first-order valence-corrected chi connectivity index (χ1v) is 13.1. The first kappa shape index (κ1) is 28.1. The topological polar surface area (TPSA) is 148 Å². The van der Waals surface area contributed by atoms with Gasteiger partial charge in [0.05, 0.1) is 33.9 Å². The van der Waals surface area contributed by atoms with Gasteiger partial charge in [0.25, 0.3) is 21.6 Å². The maximum Gasteiger partial charge on any atom is 0.273 e. The van der Waals surface area contributed by atoms with Crippen molar-refractivity contribution >= 4 is 38.9 Å². The summed E-state index contributed by atoms with van der Waals surface area (Å²) in [4.78, 5) is 36.1. The van der Waals surface area contributed by atoms with Gasteiger partial charge in [-0.25, -0.2) is 8.42 Å². The van der Waals surface area contributed by atoms with E-state index in [0.717, 1.165) is 16.8 Å². The van der Waals surface area contributed by atoms with E-state index in [4.69, 9.17) is 4.74 Å². The van der Waals surface area contributed by atoms with Gasteiger partial charge in [0.1, 0.15) is 12.3 Å². The standard InChI is InChI=1S/C26H28N4O7S/c1-4-15-27-26(32)22-7-5-6-8-23(22)28-25(31)17-29(19-10-12-20(37-3)13-11-19)38(35,36)21-14-9-18(2)24(16-21)30(33)34/h5-14,16H,4,15,17H2,1-3H3,(H,27,32)(H,28,31). The maximum absolute atomic E-state index is 13.7. The van der Waals surface area contributed by atoms with Crippen LogP contribution in [0.5, 0.6) is 5.75 Å². The van der Waals surface area contributed by atoms with Gasteiger partial charge in [0, 0.05) is 18.2 Å². The molecule has 0 fully saturated rings. The Balaban J connectivity index is 1.98. The Bertz CT molecular complexity index is 1440. The lowest BCUT2D eigenvalue weighted by atomic mass is 10.1. The predicted octanol–water partition coefficient (Wildman–Crippen LogP) is 3.89. The lowest BCUT2D eigenvalue weighted by Gasteiger charge is -2.24. The molecule has 2 N–H and O–H groups in total. The van der Waals surface area contributed by atoms with Crippen LogP contribution in [0.1, 0.15) is 29.3 Å². The molecule has 0 atom stereocenters. The summed E-state index contributed by atoms with van der Waals surface area (Å²) in [5, 5.41) is 16.8. The Morgan fingerprint density at radius 3 is 2.37 bits per heavy atom. The minimum Gasteiger partial charge on any atom is -0.497 e. The van der Waals surface area contributed by atoms with Crippen molar-refractivity contribution < 1.29 is 27.7 Å². The number of hydrogen-bond donors (Lipinski definition) is 2. The summed E-state index contributed by atoms with van der Waals surface area (Å²) >= 11 is 0. The molecule has 0 saturated carbocycles. The van der Waals surface area contributed by atoms with Crippen molar-refractivity contribution in [2.75, 3.05) is 29.8 Å². The Morgan fingerprint density at radius 1 is 1.05 bits per heavy atom. The zero-order valence-electron chi connectivity index (χ0n) is 21.1. The number of rotatable bonds is 11. The highest BCUT2D eigenvalue weighted by atomic mass is 32.2. The average Bonchev–Trinajstić information content (AvgIpc) is 2.90. The number of nitro groups is 1. The van der Waals surface area contributed by atoms with Gasteiger partial charge in [0.2, 0.25) is 5.91 Å². The number of nitro benzene ring substituents is 1. The third-order valence-electron chi connectivity index (χ3n) is 5.59. The molecule has 0 saturated heterocycles. The van der Waals surface area contributed by atoms with Gasteiger partial charge < -0.3 is 15.4 Å². The molecule has 200 valence electrons. The van der Waals surface area contributed by atoms with Crippen molar-refractivity contribution in [1.29, 1.82) is 0 Å². The molecule has 0 radical (unpaired) electrons. The number of nitrogens with one attached hydrogen (secondary N) is 2. The fourth-order valence-electron chi connectivity index (χ4n) is 3.58. The maximum atomic E-state index is 13.7. The van der Waals surface area contributed by atoms with Crippen LogP contribution in [-0.2, 0) is 14.8 Å². The van der Waals surface area contributed by atoms with E-state index in [9.17, 15) is 28.1 Å². The summed E-state index contributed by atoms with van der Waals surface area (Å²) in [5.74, 6) is -0.635. The summed E-state index contributed by atoms with van der Waals surface area (Å²) in [5.41, 5.74) is 0.502. The highest BCUT2D eigenvalue weighted by Crippen LogP contribution is 2.29. The van der Waals surface area contributed by atoms with E-state index in [0.29, 0.717) is 17.9 Å². The predicted molar refractivity (Wildman–Crippen MR) is 143 cm³/mol. The van der Waals surface area contributed by atoms with Crippen molar-refractivity contribution in [1.82, 2.24) is 5.32 Å². The number of para-hydroxylation sites is 1. The highest BCUT2D eigenvalue weighted by molar-refractivity contribution is 7.92. The average molecular weight is 541 g/mol. The number of anilines is 2. The molecule has 3 aromatic carbocycles. The molecule has 3 aromatic rings. The van der Waals surface area contributed by atoms with E-state index in [1.807, 2.05) is 6.92 Å². The lowest BCUT2D eigenvalue weighted by Crippen LogP contribution is -2.38. The minimum atomic E-state index is -4.42. The van der Waals surface area contributed by atoms with Crippen LogP contribution < -0.4 is 19.7 Å². The normalized spacial score (nSPS) is 10.9. The van der Waals surface area contributed by atoms with Crippen molar-refractivity contribution in [2.45, 2.75) is 25.2 Å². The number of benzene rings is 3. The van der Waals surface area contributed by atoms with Crippen molar-refractivity contribution in [3.63, 3.8) is 0 Å². The quantitative estimate of drug-likeness (QED) is 0.277. The van der Waals surface area contributed by atoms with E-state index in [1.165, 1.54) is 56.5 Å². The summed E-state index contributed by atoms with van der Waals surface area (Å²) in [6.07, 6.45) is 0.728. The van der Waals surface area contributed by atoms with Crippen molar-refractivity contribution in [3.8, 4) is 5.75 Å². The number of carbonyl (C=O) groups is 2. The van der Waals surface area contributed by atoms with Crippen LogP contribution in [0, 0.1) is 17.0 Å². The summed E-state index contributed by atoms with van der Waals surface area (Å²) < 4.78 is 33.3. The monoisotopic (exact) mass is 540 g/mol. The number of methoxy groups -OCH3 is 1. The Morgan fingerprint density at radius 2 is 1.74 bits per heavy atom. The molecule has 0 aliphatic carbocycles. The van der Waals surface area contributed by atoms with Crippen LogP contribution in [0.15, 0.2) is 71.6 Å². The van der Waals surface area contributed by atoms with Crippen molar-refractivity contribution in [3.05, 3.63) is 88.0 Å². The zero-order chi connectivity index (χ0) is 27.9. The third kappa shape index (κ3) is 6.45. The van der Waals surface area contributed by atoms with Gasteiger partial charge in [-0.15, -0.1) is 0 Å². The van der Waals surface area contributed by atoms with Gasteiger partial charge in [0.15, 0.2) is 0 Å². The Labute approximate surface area is 220 Å². The SMILES string of the molecule is CCCNC(=O)c1ccccc1NC(=O)CN(c1ccc(OC)cc1)S(=O)(=O)c1ccc(C)c([N+](=O)[O-])c1. The molecule has 0 bridgehead atoms. The highest BCUT2D eigenvalue weighted by Gasteiger charge is 2.29. The molecule has 2 amide bonds. The molecule has 3 rings (SSSR count). The molecule has 0 aliphatic rings. The Hall–Kier alpha value is -4.45. The minimum absolute atomic E-state index is 0.137. The van der Waals surface area contributed by atoms with Crippen LogP contribution in [0.3, 0.4) is 0 Å². The molecule has 0 aromatic heterocycles. The van der Waals surface area contributed by atoms with Crippen LogP contribution in [0.2, 0.25) is 0 Å². The van der Waals surface area contributed by atoms with Crippen molar-refractivity contribution in [2.24, 2.45) is 0 Å². The molecular weight excluding hydrogens is 512 g/mol. The molecule has 0 aliphatic heterocycles. The molecule has 0 heterocycles. The number of carbonyl (C=O) groups excluding carboxylic acids is 2. The number of ether oxygens (including phenoxy) is 1.